The number of benzene rings is 1. The summed E-state index contributed by atoms with van der Waals surface area (Å²) in [4.78, 5) is 30.9. The van der Waals surface area contributed by atoms with Crippen LogP contribution in [0.3, 0.4) is 0 Å². The second-order valence-corrected chi connectivity index (χ2v) is 11.2. The van der Waals surface area contributed by atoms with Gasteiger partial charge in [-0.2, -0.15) is 0 Å². The molecule has 34 heavy (non-hydrogen) atoms. The minimum absolute atomic E-state index is 0.00218. The van der Waals surface area contributed by atoms with Crippen LogP contribution >= 0.6 is 0 Å². The zero-order valence-corrected chi connectivity index (χ0v) is 20.4. The van der Waals surface area contributed by atoms with E-state index in [1.54, 1.807) is 18.2 Å². The third kappa shape index (κ3) is 3.32. The molecule has 2 heterocycles. The molecular formula is C27H35N3O4. The summed E-state index contributed by atoms with van der Waals surface area (Å²) in [7, 11) is 2.04. The topological polar surface area (TPSA) is 106 Å². The zero-order valence-electron chi connectivity index (χ0n) is 20.4. The van der Waals surface area contributed by atoms with E-state index in [1.165, 1.54) is 0 Å². The van der Waals surface area contributed by atoms with Crippen LogP contribution in [0.25, 0.3) is 0 Å². The van der Waals surface area contributed by atoms with E-state index >= 15 is 0 Å². The molecule has 1 aliphatic heterocycles. The van der Waals surface area contributed by atoms with Gasteiger partial charge in [-0.25, -0.2) is 0 Å². The third-order valence-electron chi connectivity index (χ3n) is 8.51. The average molecular weight is 466 g/mol. The number of rotatable bonds is 5. The van der Waals surface area contributed by atoms with Crippen LogP contribution in [-0.2, 0) is 18.3 Å². The standard InChI is InChI=1S/C27H35N3O4/c1-15(2)7-8-28-24(32)20-9-17-12-27(34)23-18(14-30(23)4)11-26(27,13-22(17)29-25(20)33)21-10-19(31)6-5-16(21)3/h5-6,9-10,15,18,23,31,34H,7-8,11-14H2,1-4H3,(H,28,32)(H,29,33)/t18?,23-,26-,27?/m1/s1. The highest BCUT2D eigenvalue weighted by Gasteiger charge is 2.69. The number of aromatic nitrogens is 1. The summed E-state index contributed by atoms with van der Waals surface area (Å²) in [6, 6.07) is 7.03. The van der Waals surface area contributed by atoms with Crippen LogP contribution in [0.15, 0.2) is 29.1 Å². The molecule has 0 spiro atoms. The van der Waals surface area contributed by atoms with E-state index in [1.807, 2.05) is 20.0 Å². The summed E-state index contributed by atoms with van der Waals surface area (Å²) in [6.45, 7) is 7.63. The molecule has 2 aliphatic carbocycles. The number of nitrogens with zero attached hydrogens (tertiary/aromatic N) is 1. The van der Waals surface area contributed by atoms with E-state index < -0.39 is 16.6 Å². The minimum atomic E-state index is -1.07. The first-order valence-electron chi connectivity index (χ1n) is 12.3. The Morgan fingerprint density at radius 3 is 2.76 bits per heavy atom. The second kappa shape index (κ2) is 7.95. The van der Waals surface area contributed by atoms with Gasteiger partial charge < -0.3 is 20.5 Å². The van der Waals surface area contributed by atoms with Crippen molar-refractivity contribution in [2.75, 3.05) is 20.1 Å². The number of aromatic hydroxyl groups is 1. The van der Waals surface area contributed by atoms with Crippen molar-refractivity contribution >= 4 is 5.91 Å². The number of carbonyl (C=O) groups excluding carboxylic acids is 1. The summed E-state index contributed by atoms with van der Waals surface area (Å²) >= 11 is 0. The van der Waals surface area contributed by atoms with Gasteiger partial charge >= 0.3 is 0 Å². The van der Waals surface area contributed by atoms with Gasteiger partial charge in [0.2, 0.25) is 0 Å². The molecule has 1 amide bonds. The van der Waals surface area contributed by atoms with E-state index in [9.17, 15) is 19.8 Å². The predicted octanol–water partition coefficient (Wildman–Crippen LogP) is 2.27. The number of pyridine rings is 1. The van der Waals surface area contributed by atoms with E-state index in [-0.39, 0.29) is 23.3 Å². The first-order valence-corrected chi connectivity index (χ1v) is 12.3. The van der Waals surface area contributed by atoms with Crippen molar-refractivity contribution < 1.29 is 15.0 Å². The summed E-state index contributed by atoms with van der Waals surface area (Å²) in [5.41, 5.74) is 1.58. The number of aromatic amines is 1. The molecule has 2 aromatic rings. The Bertz CT molecular complexity index is 1200. The number of phenols is 1. The van der Waals surface area contributed by atoms with Gasteiger partial charge in [-0.15, -0.1) is 0 Å². The number of hydrogen-bond acceptors (Lipinski definition) is 5. The molecule has 182 valence electrons. The molecule has 2 fully saturated rings. The molecule has 0 bridgehead atoms. The van der Waals surface area contributed by atoms with Gasteiger partial charge in [-0.3, -0.25) is 14.5 Å². The number of hydrogen-bond donors (Lipinski definition) is 4. The van der Waals surface area contributed by atoms with Gasteiger partial charge in [0, 0.05) is 43.1 Å². The van der Waals surface area contributed by atoms with Gasteiger partial charge in [-0.05, 0) is 73.5 Å². The Balaban J connectivity index is 1.58. The fourth-order valence-corrected chi connectivity index (χ4v) is 6.96. The van der Waals surface area contributed by atoms with Gasteiger partial charge in [0.25, 0.3) is 11.5 Å². The van der Waals surface area contributed by atoms with Crippen molar-refractivity contribution in [3.8, 4) is 5.75 Å². The Kier molecular flexibility index (Phi) is 5.41. The van der Waals surface area contributed by atoms with Crippen molar-refractivity contribution in [2.45, 2.75) is 63.5 Å². The molecule has 1 aromatic heterocycles. The lowest BCUT2D eigenvalue weighted by atomic mass is 9.59. The maximum atomic E-state index is 12.9. The fourth-order valence-electron chi connectivity index (χ4n) is 6.96. The number of nitrogens with one attached hydrogen (secondary N) is 2. The first kappa shape index (κ1) is 23.1. The Morgan fingerprint density at radius 2 is 2.06 bits per heavy atom. The molecule has 5 rings (SSSR count). The molecular weight excluding hydrogens is 430 g/mol. The maximum Gasteiger partial charge on any atom is 0.261 e. The number of fused-ring (bicyclic) bond motifs is 4. The largest absolute Gasteiger partial charge is 0.508 e. The van der Waals surface area contributed by atoms with Crippen LogP contribution in [0, 0.1) is 18.8 Å². The molecule has 4 atom stereocenters. The Labute approximate surface area is 200 Å². The smallest absolute Gasteiger partial charge is 0.261 e. The number of phenolic OH excluding ortho intramolecular Hbond substituents is 1. The number of aryl methyl sites for hydroxylation is 1. The number of likely N-dealkylation sites (tertiary alicyclic amines) is 1. The molecule has 7 nitrogen and oxygen atoms in total. The molecule has 0 radical (unpaired) electrons. The summed E-state index contributed by atoms with van der Waals surface area (Å²) < 4.78 is 0. The van der Waals surface area contributed by atoms with E-state index in [4.69, 9.17) is 0 Å². The van der Waals surface area contributed by atoms with Crippen molar-refractivity contribution in [3.05, 3.63) is 62.6 Å². The van der Waals surface area contributed by atoms with Crippen molar-refractivity contribution in [1.82, 2.24) is 15.2 Å². The van der Waals surface area contributed by atoms with Gasteiger partial charge in [0.1, 0.15) is 11.3 Å². The summed E-state index contributed by atoms with van der Waals surface area (Å²) in [5, 5.41) is 25.6. The number of amides is 1. The molecule has 2 unspecified atom stereocenters. The molecule has 7 heteroatoms. The molecule has 4 N–H and O–H groups in total. The van der Waals surface area contributed by atoms with E-state index in [0.717, 1.165) is 41.8 Å². The summed E-state index contributed by atoms with van der Waals surface area (Å²) in [5.74, 6) is 0.608. The van der Waals surface area contributed by atoms with Gasteiger partial charge in [0.15, 0.2) is 0 Å². The minimum Gasteiger partial charge on any atom is -0.508 e. The highest BCUT2D eigenvalue weighted by molar-refractivity contribution is 5.94. The monoisotopic (exact) mass is 465 g/mol. The lowest BCUT2D eigenvalue weighted by Gasteiger charge is -2.53. The van der Waals surface area contributed by atoms with E-state index in [0.29, 0.717) is 31.2 Å². The highest BCUT2D eigenvalue weighted by Crippen LogP contribution is 2.61. The Morgan fingerprint density at radius 1 is 1.29 bits per heavy atom. The number of likely N-dealkylation sites (N-methyl/N-ethyl adjacent to an activating group) is 1. The van der Waals surface area contributed by atoms with Crippen molar-refractivity contribution in [1.29, 1.82) is 0 Å². The first-order chi connectivity index (χ1) is 16.1. The van der Waals surface area contributed by atoms with Crippen LogP contribution < -0.4 is 10.9 Å². The third-order valence-corrected chi connectivity index (χ3v) is 8.51. The van der Waals surface area contributed by atoms with Crippen LogP contribution in [0.5, 0.6) is 5.75 Å². The van der Waals surface area contributed by atoms with Crippen LogP contribution in [-0.4, -0.2) is 57.8 Å². The van der Waals surface area contributed by atoms with Gasteiger partial charge in [-0.1, -0.05) is 19.9 Å². The van der Waals surface area contributed by atoms with Gasteiger partial charge in [0.05, 0.1) is 5.60 Å². The molecule has 3 aliphatic rings. The van der Waals surface area contributed by atoms with Crippen LogP contribution in [0.4, 0.5) is 0 Å². The molecule has 1 aromatic carbocycles. The normalized spacial score (nSPS) is 29.8. The van der Waals surface area contributed by atoms with Crippen LogP contribution in [0.1, 0.15) is 59.4 Å². The highest BCUT2D eigenvalue weighted by atomic mass is 16.3. The number of carbonyl (C=O) groups is 1. The lowest BCUT2D eigenvalue weighted by Crippen LogP contribution is -2.67. The average Bonchev–Trinajstić information content (AvgIpc) is 2.95. The predicted molar refractivity (Wildman–Crippen MR) is 130 cm³/mol. The zero-order chi connectivity index (χ0) is 24.4. The molecule has 1 saturated carbocycles. The molecule has 1 saturated heterocycles. The number of H-pyrrole nitrogens is 1. The Hall–Kier alpha value is -2.64. The quantitative estimate of drug-likeness (QED) is 0.542. The maximum absolute atomic E-state index is 12.9. The number of aliphatic hydroxyl groups is 1. The van der Waals surface area contributed by atoms with E-state index in [2.05, 4.69) is 29.0 Å². The van der Waals surface area contributed by atoms with Crippen molar-refractivity contribution in [2.24, 2.45) is 11.8 Å². The summed E-state index contributed by atoms with van der Waals surface area (Å²) in [6.07, 6.45) is 2.46. The fraction of sp³-hybridized carbons (Fsp3) is 0.556. The lowest BCUT2D eigenvalue weighted by molar-refractivity contribution is -0.108. The van der Waals surface area contributed by atoms with Crippen molar-refractivity contribution in [3.63, 3.8) is 0 Å². The second-order valence-electron chi connectivity index (χ2n) is 11.2. The SMILES string of the molecule is Cc1ccc(O)cc1[C@@]12Cc3[nH]c(=O)c(C(=O)NCCC(C)C)cc3CC1(O)[C@H]1C(CN1C)C2. The van der Waals surface area contributed by atoms with Crippen LogP contribution in [0.2, 0.25) is 0 Å².